The van der Waals surface area contributed by atoms with Crippen LogP contribution in [0.25, 0.3) is 0 Å². The lowest BCUT2D eigenvalue weighted by molar-refractivity contribution is 0.330. The Morgan fingerprint density at radius 3 is 2.79 bits per heavy atom. The van der Waals surface area contributed by atoms with Crippen LogP contribution in [-0.4, -0.2) is 11.0 Å². The van der Waals surface area contributed by atoms with Crippen LogP contribution in [-0.2, 0) is 12.0 Å². The molecule has 1 aromatic heterocycles. The van der Waals surface area contributed by atoms with E-state index in [1.165, 1.54) is 6.07 Å². The van der Waals surface area contributed by atoms with Crippen LogP contribution in [0.4, 0.5) is 4.39 Å². The SMILES string of the molecule is CC(C)NC(C)(Cc1cccc(F)c1)c1nccs1. The van der Waals surface area contributed by atoms with E-state index in [1.807, 2.05) is 17.6 Å². The van der Waals surface area contributed by atoms with E-state index >= 15 is 0 Å². The van der Waals surface area contributed by atoms with Gasteiger partial charge in [-0.25, -0.2) is 9.37 Å². The van der Waals surface area contributed by atoms with Crippen LogP contribution in [0.5, 0.6) is 0 Å². The van der Waals surface area contributed by atoms with E-state index in [9.17, 15) is 4.39 Å². The summed E-state index contributed by atoms with van der Waals surface area (Å²) in [5.41, 5.74) is 0.710. The third-order valence-electron chi connectivity index (χ3n) is 2.96. The molecule has 0 aliphatic heterocycles. The minimum absolute atomic E-state index is 0.191. The minimum Gasteiger partial charge on any atom is -0.303 e. The molecule has 1 aromatic carbocycles. The number of aromatic nitrogens is 1. The van der Waals surface area contributed by atoms with E-state index in [-0.39, 0.29) is 11.4 Å². The molecule has 1 heterocycles. The number of rotatable bonds is 5. The monoisotopic (exact) mass is 278 g/mol. The van der Waals surface area contributed by atoms with E-state index in [1.54, 1.807) is 23.5 Å². The molecule has 2 nitrogen and oxygen atoms in total. The van der Waals surface area contributed by atoms with Crippen LogP contribution in [0.1, 0.15) is 31.3 Å². The lowest BCUT2D eigenvalue weighted by Gasteiger charge is -2.31. The average Bonchev–Trinajstić information content (AvgIpc) is 2.81. The summed E-state index contributed by atoms with van der Waals surface area (Å²) in [5, 5.41) is 6.56. The Balaban J connectivity index is 2.28. The van der Waals surface area contributed by atoms with Crippen LogP contribution in [0, 0.1) is 5.82 Å². The first kappa shape index (κ1) is 14.2. The van der Waals surface area contributed by atoms with Gasteiger partial charge in [0, 0.05) is 17.6 Å². The summed E-state index contributed by atoms with van der Waals surface area (Å²) in [6, 6.07) is 7.11. The highest BCUT2D eigenvalue weighted by Gasteiger charge is 2.30. The maximum atomic E-state index is 13.3. The number of halogens is 1. The second-order valence-electron chi connectivity index (χ2n) is 5.28. The van der Waals surface area contributed by atoms with Gasteiger partial charge in [-0.05, 0) is 44.9 Å². The summed E-state index contributed by atoms with van der Waals surface area (Å²) in [5.74, 6) is -0.191. The Hall–Kier alpha value is -1.26. The topological polar surface area (TPSA) is 24.9 Å². The zero-order valence-electron chi connectivity index (χ0n) is 11.5. The molecule has 0 saturated heterocycles. The Morgan fingerprint density at radius 2 is 2.21 bits per heavy atom. The number of nitrogens with zero attached hydrogens (tertiary/aromatic N) is 1. The highest BCUT2D eigenvalue weighted by molar-refractivity contribution is 7.09. The maximum absolute atomic E-state index is 13.3. The minimum atomic E-state index is -0.268. The normalized spacial score (nSPS) is 14.6. The van der Waals surface area contributed by atoms with Crippen LogP contribution in [0.3, 0.4) is 0 Å². The molecule has 1 N–H and O–H groups in total. The number of nitrogens with one attached hydrogen (secondary N) is 1. The Morgan fingerprint density at radius 1 is 1.42 bits per heavy atom. The number of hydrogen-bond acceptors (Lipinski definition) is 3. The van der Waals surface area contributed by atoms with Gasteiger partial charge in [0.05, 0.1) is 5.54 Å². The van der Waals surface area contributed by atoms with Gasteiger partial charge in [0.1, 0.15) is 10.8 Å². The van der Waals surface area contributed by atoms with Crippen molar-refractivity contribution < 1.29 is 4.39 Å². The molecule has 0 aliphatic rings. The van der Waals surface area contributed by atoms with E-state index in [4.69, 9.17) is 0 Å². The van der Waals surface area contributed by atoms with Gasteiger partial charge in [-0.3, -0.25) is 0 Å². The molecular formula is C15H19FN2S. The summed E-state index contributed by atoms with van der Waals surface area (Å²) < 4.78 is 13.3. The molecule has 19 heavy (non-hydrogen) atoms. The van der Waals surface area contributed by atoms with Crippen molar-refractivity contribution >= 4 is 11.3 Å². The molecule has 4 heteroatoms. The summed E-state index contributed by atoms with van der Waals surface area (Å²) in [7, 11) is 0. The van der Waals surface area contributed by atoms with Gasteiger partial charge >= 0.3 is 0 Å². The quantitative estimate of drug-likeness (QED) is 0.901. The predicted molar refractivity (Wildman–Crippen MR) is 77.8 cm³/mol. The molecule has 0 bridgehead atoms. The molecule has 2 rings (SSSR count). The van der Waals surface area contributed by atoms with E-state index < -0.39 is 0 Å². The van der Waals surface area contributed by atoms with E-state index in [0.717, 1.165) is 17.0 Å². The number of thiazole rings is 1. The molecule has 1 atom stereocenters. The summed E-state index contributed by atoms with van der Waals surface area (Å²) in [6.07, 6.45) is 2.53. The summed E-state index contributed by atoms with van der Waals surface area (Å²) in [4.78, 5) is 4.42. The van der Waals surface area contributed by atoms with Crippen molar-refractivity contribution in [2.75, 3.05) is 0 Å². The van der Waals surface area contributed by atoms with Gasteiger partial charge in [0.25, 0.3) is 0 Å². The second-order valence-corrected chi connectivity index (χ2v) is 6.17. The molecular weight excluding hydrogens is 259 g/mol. The largest absolute Gasteiger partial charge is 0.303 e. The lowest BCUT2D eigenvalue weighted by Crippen LogP contribution is -2.45. The average molecular weight is 278 g/mol. The third-order valence-corrected chi connectivity index (χ3v) is 4.00. The summed E-state index contributed by atoms with van der Waals surface area (Å²) in [6.45, 7) is 6.34. The molecule has 0 aliphatic carbocycles. The second kappa shape index (κ2) is 5.80. The van der Waals surface area contributed by atoms with Gasteiger partial charge in [-0.1, -0.05) is 12.1 Å². The fourth-order valence-electron chi connectivity index (χ4n) is 2.38. The molecule has 1 unspecified atom stereocenters. The van der Waals surface area contributed by atoms with Crippen molar-refractivity contribution in [2.45, 2.75) is 38.8 Å². The zero-order chi connectivity index (χ0) is 13.9. The maximum Gasteiger partial charge on any atom is 0.123 e. The third kappa shape index (κ3) is 3.61. The Labute approximate surface area is 117 Å². The highest BCUT2D eigenvalue weighted by Crippen LogP contribution is 2.28. The van der Waals surface area contributed by atoms with Crippen molar-refractivity contribution in [3.63, 3.8) is 0 Å². The molecule has 0 radical (unpaired) electrons. The van der Waals surface area contributed by atoms with Crippen molar-refractivity contribution in [1.29, 1.82) is 0 Å². The molecule has 0 saturated carbocycles. The first-order valence-electron chi connectivity index (χ1n) is 6.42. The fraction of sp³-hybridized carbons (Fsp3) is 0.400. The van der Waals surface area contributed by atoms with Crippen LogP contribution in [0.2, 0.25) is 0 Å². The first-order chi connectivity index (χ1) is 8.99. The van der Waals surface area contributed by atoms with Crippen molar-refractivity contribution in [3.8, 4) is 0 Å². The van der Waals surface area contributed by atoms with Gasteiger partial charge in [0.15, 0.2) is 0 Å². The van der Waals surface area contributed by atoms with Gasteiger partial charge in [0.2, 0.25) is 0 Å². The Bertz CT molecular complexity index is 525. The van der Waals surface area contributed by atoms with Gasteiger partial charge in [-0.2, -0.15) is 0 Å². The van der Waals surface area contributed by atoms with Crippen LogP contribution in [0.15, 0.2) is 35.8 Å². The number of hydrogen-bond donors (Lipinski definition) is 1. The smallest absolute Gasteiger partial charge is 0.123 e. The first-order valence-corrected chi connectivity index (χ1v) is 7.30. The van der Waals surface area contributed by atoms with Crippen molar-refractivity contribution in [1.82, 2.24) is 10.3 Å². The molecule has 0 spiro atoms. The van der Waals surface area contributed by atoms with Crippen molar-refractivity contribution in [2.24, 2.45) is 0 Å². The highest BCUT2D eigenvalue weighted by atomic mass is 32.1. The van der Waals surface area contributed by atoms with Crippen LogP contribution < -0.4 is 5.32 Å². The van der Waals surface area contributed by atoms with E-state index in [0.29, 0.717) is 6.04 Å². The van der Waals surface area contributed by atoms with Crippen LogP contribution >= 0.6 is 11.3 Å². The molecule has 102 valence electrons. The van der Waals surface area contributed by atoms with Crippen molar-refractivity contribution in [3.05, 3.63) is 52.2 Å². The molecule has 0 fully saturated rings. The standard InChI is InChI=1S/C15H19FN2S/c1-11(2)18-15(3,14-17-7-8-19-14)10-12-5-4-6-13(16)9-12/h4-9,11,18H,10H2,1-3H3. The summed E-state index contributed by atoms with van der Waals surface area (Å²) >= 11 is 1.63. The predicted octanol–water partition coefficient (Wildman–Crippen LogP) is 3.74. The lowest BCUT2D eigenvalue weighted by atomic mass is 9.92. The molecule has 0 amide bonds. The van der Waals surface area contributed by atoms with Gasteiger partial charge < -0.3 is 5.32 Å². The fourth-order valence-corrected chi connectivity index (χ4v) is 3.14. The zero-order valence-corrected chi connectivity index (χ0v) is 12.3. The van der Waals surface area contributed by atoms with E-state index in [2.05, 4.69) is 31.1 Å². The number of benzene rings is 1. The van der Waals surface area contributed by atoms with Gasteiger partial charge in [-0.15, -0.1) is 11.3 Å². The Kier molecular flexibility index (Phi) is 4.32. The molecule has 2 aromatic rings.